The van der Waals surface area contributed by atoms with Gasteiger partial charge in [0, 0.05) is 32.2 Å². The Labute approximate surface area is 150 Å². The normalized spacial score (nSPS) is 17.3. The third-order valence-electron chi connectivity index (χ3n) is 5.49. The van der Waals surface area contributed by atoms with Gasteiger partial charge in [0.2, 0.25) is 0 Å². The summed E-state index contributed by atoms with van der Waals surface area (Å²) >= 11 is 0. The Hall–Kier alpha value is -0.860. The molecule has 1 N–H and O–H groups in total. The molecule has 1 heterocycles. The van der Waals surface area contributed by atoms with Crippen LogP contribution in [0.1, 0.15) is 76.8 Å². The minimum atomic E-state index is 0.613. The van der Waals surface area contributed by atoms with Crippen LogP contribution in [-0.2, 0) is 0 Å². The highest BCUT2D eigenvalue weighted by atomic mass is 15.2. The minimum Gasteiger partial charge on any atom is -0.314 e. The number of nitrogens with one attached hydrogen (secondary N) is 1. The van der Waals surface area contributed by atoms with Gasteiger partial charge in [-0.15, -0.1) is 0 Å². The zero-order valence-corrected chi connectivity index (χ0v) is 16.0. The fourth-order valence-electron chi connectivity index (χ4n) is 4.16. The van der Waals surface area contributed by atoms with Crippen molar-refractivity contribution >= 4 is 0 Å². The lowest BCUT2D eigenvalue weighted by atomic mass is 9.83. The Morgan fingerprint density at radius 3 is 2.00 bits per heavy atom. The number of unbranched alkanes of at least 4 members (excludes halogenated alkanes) is 4. The van der Waals surface area contributed by atoms with Crippen LogP contribution in [0.25, 0.3) is 0 Å². The van der Waals surface area contributed by atoms with Crippen molar-refractivity contribution in [3.8, 4) is 0 Å². The van der Waals surface area contributed by atoms with Gasteiger partial charge in [-0.1, -0.05) is 82.7 Å². The Morgan fingerprint density at radius 1 is 0.875 bits per heavy atom. The van der Waals surface area contributed by atoms with E-state index in [1.165, 1.54) is 70.0 Å². The fourth-order valence-corrected chi connectivity index (χ4v) is 4.16. The first-order valence-corrected chi connectivity index (χ1v) is 10.4. The molecule has 1 fully saturated rings. The van der Waals surface area contributed by atoms with E-state index in [0.29, 0.717) is 6.04 Å². The molecule has 2 nitrogen and oxygen atoms in total. The predicted octanol–water partition coefficient (Wildman–Crippen LogP) is 5.41. The first-order chi connectivity index (χ1) is 11.9. The molecule has 1 aliphatic rings. The summed E-state index contributed by atoms with van der Waals surface area (Å²) in [6.07, 6.45) is 11.0. The second-order valence-corrected chi connectivity index (χ2v) is 7.39. The van der Waals surface area contributed by atoms with Crippen LogP contribution in [0.5, 0.6) is 0 Å². The van der Waals surface area contributed by atoms with Gasteiger partial charge in [0.25, 0.3) is 0 Å². The molecule has 0 bridgehead atoms. The van der Waals surface area contributed by atoms with E-state index in [-0.39, 0.29) is 0 Å². The molecule has 1 aromatic carbocycles. The minimum absolute atomic E-state index is 0.613. The van der Waals surface area contributed by atoms with Gasteiger partial charge in [-0.05, 0) is 24.3 Å². The van der Waals surface area contributed by atoms with Gasteiger partial charge in [-0.3, -0.25) is 4.90 Å². The number of rotatable bonds is 11. The van der Waals surface area contributed by atoms with Crippen molar-refractivity contribution in [2.24, 2.45) is 5.92 Å². The largest absolute Gasteiger partial charge is 0.314 e. The van der Waals surface area contributed by atoms with Crippen LogP contribution in [0.15, 0.2) is 30.3 Å². The van der Waals surface area contributed by atoms with Crippen molar-refractivity contribution in [2.45, 2.75) is 71.3 Å². The molecule has 1 saturated heterocycles. The maximum Gasteiger partial charge on any atom is 0.0377 e. The Balaban J connectivity index is 2.14. The summed E-state index contributed by atoms with van der Waals surface area (Å²) in [6.45, 7) is 9.29. The molecule has 2 heteroatoms. The van der Waals surface area contributed by atoms with E-state index in [0.717, 1.165) is 19.0 Å². The summed E-state index contributed by atoms with van der Waals surface area (Å²) in [5.74, 6) is 0.809. The van der Waals surface area contributed by atoms with Crippen molar-refractivity contribution in [3.63, 3.8) is 0 Å². The first kappa shape index (κ1) is 19.5. The average Bonchev–Trinajstić information content (AvgIpc) is 2.64. The maximum absolute atomic E-state index is 3.52. The van der Waals surface area contributed by atoms with Gasteiger partial charge < -0.3 is 5.32 Å². The van der Waals surface area contributed by atoms with Crippen LogP contribution in [0, 0.1) is 5.92 Å². The van der Waals surface area contributed by atoms with Gasteiger partial charge in [0.05, 0.1) is 0 Å². The first-order valence-electron chi connectivity index (χ1n) is 10.4. The molecular formula is C22H38N2. The van der Waals surface area contributed by atoms with Gasteiger partial charge in [0.1, 0.15) is 0 Å². The highest BCUT2D eigenvalue weighted by Crippen LogP contribution is 2.36. The summed E-state index contributed by atoms with van der Waals surface area (Å²) in [7, 11) is 0. The van der Waals surface area contributed by atoms with Crippen molar-refractivity contribution in [1.29, 1.82) is 0 Å². The van der Waals surface area contributed by atoms with Crippen LogP contribution in [0.3, 0.4) is 0 Å². The molecular weight excluding hydrogens is 292 g/mol. The third kappa shape index (κ3) is 6.22. The highest BCUT2D eigenvalue weighted by Gasteiger charge is 2.29. The molecule has 24 heavy (non-hydrogen) atoms. The van der Waals surface area contributed by atoms with Crippen molar-refractivity contribution < 1.29 is 0 Å². The van der Waals surface area contributed by atoms with Gasteiger partial charge >= 0.3 is 0 Å². The molecule has 1 aliphatic heterocycles. The van der Waals surface area contributed by atoms with Gasteiger partial charge in [-0.2, -0.15) is 0 Å². The smallest absolute Gasteiger partial charge is 0.0377 e. The third-order valence-corrected chi connectivity index (χ3v) is 5.49. The summed E-state index contributed by atoms with van der Waals surface area (Å²) < 4.78 is 0. The number of benzene rings is 1. The van der Waals surface area contributed by atoms with Gasteiger partial charge in [0.15, 0.2) is 0 Å². The molecule has 0 amide bonds. The molecule has 136 valence electrons. The molecule has 1 aromatic rings. The number of nitrogens with zero attached hydrogens (tertiary/aromatic N) is 1. The lowest BCUT2D eigenvalue weighted by Gasteiger charge is -2.40. The predicted molar refractivity (Wildman–Crippen MR) is 105 cm³/mol. The van der Waals surface area contributed by atoms with Crippen LogP contribution >= 0.6 is 0 Å². The van der Waals surface area contributed by atoms with E-state index < -0.39 is 0 Å². The summed E-state index contributed by atoms with van der Waals surface area (Å²) in [4.78, 5) is 2.76. The zero-order valence-electron chi connectivity index (χ0n) is 16.0. The lowest BCUT2D eigenvalue weighted by Crippen LogP contribution is -2.47. The van der Waals surface area contributed by atoms with E-state index in [1.807, 2.05) is 0 Å². The summed E-state index contributed by atoms with van der Waals surface area (Å²) in [5.41, 5.74) is 1.54. The van der Waals surface area contributed by atoms with Crippen LogP contribution in [0.4, 0.5) is 0 Å². The van der Waals surface area contributed by atoms with Crippen LogP contribution < -0.4 is 5.32 Å². The van der Waals surface area contributed by atoms with E-state index in [4.69, 9.17) is 0 Å². The van der Waals surface area contributed by atoms with E-state index in [9.17, 15) is 0 Å². The molecule has 0 radical (unpaired) electrons. The molecule has 1 unspecified atom stereocenters. The quantitative estimate of drug-likeness (QED) is 0.546. The van der Waals surface area contributed by atoms with E-state index >= 15 is 0 Å². The monoisotopic (exact) mass is 330 g/mol. The molecule has 0 spiro atoms. The average molecular weight is 331 g/mol. The second-order valence-electron chi connectivity index (χ2n) is 7.39. The highest BCUT2D eigenvalue weighted by molar-refractivity contribution is 5.20. The molecule has 0 aromatic heterocycles. The van der Waals surface area contributed by atoms with Crippen molar-refractivity contribution in [3.05, 3.63) is 35.9 Å². The number of piperazine rings is 1. The van der Waals surface area contributed by atoms with Crippen LogP contribution in [-0.4, -0.2) is 31.1 Å². The van der Waals surface area contributed by atoms with E-state index in [1.54, 1.807) is 0 Å². The topological polar surface area (TPSA) is 15.3 Å². The van der Waals surface area contributed by atoms with E-state index in [2.05, 4.69) is 54.4 Å². The number of hydrogen-bond acceptors (Lipinski definition) is 2. The number of hydrogen-bond donors (Lipinski definition) is 1. The second kappa shape index (κ2) is 11.7. The van der Waals surface area contributed by atoms with Crippen molar-refractivity contribution in [2.75, 3.05) is 26.2 Å². The summed E-state index contributed by atoms with van der Waals surface area (Å²) in [5, 5.41) is 3.52. The van der Waals surface area contributed by atoms with Crippen LogP contribution in [0.2, 0.25) is 0 Å². The lowest BCUT2D eigenvalue weighted by molar-refractivity contribution is 0.111. The molecule has 2 rings (SSSR count). The Kier molecular flexibility index (Phi) is 9.45. The standard InChI is InChI=1S/C22H38N2/c1-3-5-8-12-20(13-9-6-4-2)22(21-14-10-7-11-15-21)24-18-16-23-17-19-24/h7,10-11,14-15,20,22-23H,3-6,8-9,12-13,16-19H2,1-2H3. The SMILES string of the molecule is CCCCCC(CCCCC)C(c1ccccc1)N1CCNCC1. The molecule has 0 saturated carbocycles. The van der Waals surface area contributed by atoms with Gasteiger partial charge in [-0.25, -0.2) is 0 Å². The molecule has 0 aliphatic carbocycles. The molecule has 1 atom stereocenters. The zero-order chi connectivity index (χ0) is 17.0. The maximum atomic E-state index is 3.52. The van der Waals surface area contributed by atoms with Crippen molar-refractivity contribution in [1.82, 2.24) is 10.2 Å². The Bertz CT molecular complexity index is 401. The summed E-state index contributed by atoms with van der Waals surface area (Å²) in [6, 6.07) is 11.9. The fraction of sp³-hybridized carbons (Fsp3) is 0.727. The Morgan fingerprint density at radius 2 is 1.46 bits per heavy atom.